The second kappa shape index (κ2) is 6.69. The molecule has 3 rings (SSSR count). The van der Waals surface area contributed by atoms with E-state index in [2.05, 4.69) is 47.6 Å². The monoisotopic (exact) mass is 378 g/mol. The molecule has 4 nitrogen and oxygen atoms in total. The number of aromatic hydroxyl groups is 2. The molecule has 1 aromatic heterocycles. The maximum Gasteiger partial charge on any atom is 0.123 e. The van der Waals surface area contributed by atoms with Gasteiger partial charge in [0.05, 0.1) is 11.4 Å². The van der Waals surface area contributed by atoms with E-state index in [0.717, 1.165) is 33.6 Å². The maximum atomic E-state index is 10.9. The molecule has 0 saturated carbocycles. The second-order valence-corrected chi connectivity index (χ2v) is 9.51. The number of rotatable bonds is 2. The van der Waals surface area contributed by atoms with Crippen molar-refractivity contribution < 1.29 is 10.2 Å². The zero-order valence-corrected chi connectivity index (χ0v) is 17.8. The van der Waals surface area contributed by atoms with Gasteiger partial charge in [-0.15, -0.1) is 0 Å². The van der Waals surface area contributed by atoms with Crippen LogP contribution in [0.25, 0.3) is 22.5 Å². The van der Waals surface area contributed by atoms with Crippen molar-refractivity contribution in [2.24, 2.45) is 7.05 Å². The Labute approximate surface area is 167 Å². The first-order valence-corrected chi connectivity index (χ1v) is 9.60. The normalized spacial score (nSPS) is 12.4. The number of benzene rings is 2. The van der Waals surface area contributed by atoms with Crippen LogP contribution >= 0.6 is 0 Å². The highest BCUT2D eigenvalue weighted by atomic mass is 16.3. The number of phenols is 2. The molecule has 1 heterocycles. The van der Waals surface area contributed by atoms with Crippen LogP contribution in [0.3, 0.4) is 0 Å². The summed E-state index contributed by atoms with van der Waals surface area (Å²) in [6.07, 6.45) is 0. The van der Waals surface area contributed by atoms with Gasteiger partial charge in [-0.3, -0.25) is 4.68 Å². The molecule has 0 saturated heterocycles. The Hall–Kier alpha value is -2.75. The number of nitrogens with zero attached hydrogens (tertiary/aromatic N) is 2. The molecule has 0 fully saturated rings. The fourth-order valence-electron chi connectivity index (χ4n) is 3.44. The lowest BCUT2D eigenvalue weighted by molar-refractivity contribution is 0.423. The first-order chi connectivity index (χ1) is 12.9. The first-order valence-electron chi connectivity index (χ1n) is 9.60. The van der Waals surface area contributed by atoms with Gasteiger partial charge in [-0.1, -0.05) is 41.5 Å². The van der Waals surface area contributed by atoms with Crippen molar-refractivity contribution in [1.29, 1.82) is 0 Å². The zero-order chi connectivity index (χ0) is 20.9. The minimum atomic E-state index is -0.186. The fourth-order valence-corrected chi connectivity index (χ4v) is 3.44. The predicted octanol–water partition coefficient (Wildman–Crippen LogP) is 5.76. The summed E-state index contributed by atoms with van der Waals surface area (Å²) in [6.45, 7) is 12.7. The molecule has 0 atom stereocenters. The summed E-state index contributed by atoms with van der Waals surface area (Å²) in [5.41, 5.74) is 5.29. The molecule has 0 radical (unpaired) electrons. The van der Waals surface area contributed by atoms with Crippen LogP contribution in [0.15, 0.2) is 42.5 Å². The Morgan fingerprint density at radius 2 is 1.25 bits per heavy atom. The van der Waals surface area contributed by atoms with E-state index in [1.165, 1.54) is 0 Å². The molecule has 3 aromatic rings. The van der Waals surface area contributed by atoms with Crippen molar-refractivity contribution in [3.8, 4) is 34.0 Å². The summed E-state index contributed by atoms with van der Waals surface area (Å²) in [6, 6.07) is 13.3. The zero-order valence-electron chi connectivity index (χ0n) is 17.8. The van der Waals surface area contributed by atoms with E-state index in [4.69, 9.17) is 5.10 Å². The number of aryl methyl sites for hydroxylation is 1. The molecule has 0 aliphatic carbocycles. The van der Waals surface area contributed by atoms with E-state index >= 15 is 0 Å². The smallest absolute Gasteiger partial charge is 0.123 e. The lowest BCUT2D eigenvalue weighted by atomic mass is 9.78. The van der Waals surface area contributed by atoms with E-state index in [1.54, 1.807) is 12.1 Å². The molecule has 0 aliphatic rings. The molecule has 0 unspecified atom stereocenters. The second-order valence-electron chi connectivity index (χ2n) is 9.51. The van der Waals surface area contributed by atoms with E-state index < -0.39 is 0 Å². The number of hydrogen-bond acceptors (Lipinski definition) is 3. The highest BCUT2D eigenvalue weighted by Gasteiger charge is 2.27. The highest BCUT2D eigenvalue weighted by molar-refractivity contribution is 5.71. The molecule has 2 N–H and O–H groups in total. The summed E-state index contributed by atoms with van der Waals surface area (Å²) in [7, 11) is 1.92. The van der Waals surface area contributed by atoms with Crippen LogP contribution in [0.1, 0.15) is 52.7 Å². The third kappa shape index (κ3) is 3.77. The number of aromatic nitrogens is 2. The van der Waals surface area contributed by atoms with Gasteiger partial charge in [-0.05, 0) is 53.3 Å². The van der Waals surface area contributed by atoms with Crippen LogP contribution in [0.5, 0.6) is 11.5 Å². The third-order valence-corrected chi connectivity index (χ3v) is 5.06. The van der Waals surface area contributed by atoms with Gasteiger partial charge in [-0.25, -0.2) is 0 Å². The molecule has 0 amide bonds. The standard InChI is InChI=1S/C24H30N2O2/c1-23(2,3)18-12-16(13-19(22(18)28)24(4,5)6)20-14-21(26(7)25-20)15-8-10-17(27)11-9-15/h8-14,27-28H,1-7H3. The third-order valence-electron chi connectivity index (χ3n) is 5.06. The van der Waals surface area contributed by atoms with Crippen LogP contribution in [0.2, 0.25) is 0 Å². The van der Waals surface area contributed by atoms with Crippen molar-refractivity contribution in [3.05, 3.63) is 53.6 Å². The van der Waals surface area contributed by atoms with Crippen LogP contribution in [-0.4, -0.2) is 20.0 Å². The van der Waals surface area contributed by atoms with Gasteiger partial charge in [0.25, 0.3) is 0 Å². The summed E-state index contributed by atoms with van der Waals surface area (Å²) in [4.78, 5) is 0. The Bertz CT molecular complexity index is 966. The largest absolute Gasteiger partial charge is 0.508 e. The molecular weight excluding hydrogens is 348 g/mol. The Balaban J connectivity index is 2.19. The quantitative estimate of drug-likeness (QED) is 0.596. The lowest BCUT2D eigenvalue weighted by Gasteiger charge is -2.28. The Kier molecular flexibility index (Phi) is 4.78. The van der Waals surface area contributed by atoms with Crippen LogP contribution in [0.4, 0.5) is 0 Å². The average Bonchev–Trinajstić information content (AvgIpc) is 2.95. The van der Waals surface area contributed by atoms with Gasteiger partial charge in [0.2, 0.25) is 0 Å². The molecule has 2 aromatic carbocycles. The SMILES string of the molecule is Cn1nc(-c2cc(C(C)(C)C)c(O)c(C(C)(C)C)c2)cc1-c1ccc(O)cc1. The minimum absolute atomic E-state index is 0.186. The van der Waals surface area contributed by atoms with Gasteiger partial charge < -0.3 is 10.2 Å². The van der Waals surface area contributed by atoms with Gasteiger partial charge >= 0.3 is 0 Å². The van der Waals surface area contributed by atoms with Gasteiger partial charge in [0, 0.05) is 29.3 Å². The Morgan fingerprint density at radius 1 is 0.750 bits per heavy atom. The van der Waals surface area contributed by atoms with Crippen molar-refractivity contribution >= 4 is 0 Å². The maximum absolute atomic E-state index is 10.9. The van der Waals surface area contributed by atoms with Gasteiger partial charge in [-0.2, -0.15) is 5.10 Å². The average molecular weight is 379 g/mol. The molecule has 0 spiro atoms. The van der Waals surface area contributed by atoms with Crippen molar-refractivity contribution in [2.75, 3.05) is 0 Å². The molecule has 0 bridgehead atoms. The lowest BCUT2D eigenvalue weighted by Crippen LogP contribution is -2.17. The molecule has 148 valence electrons. The number of phenolic OH excluding ortho intramolecular Hbond substituents is 2. The van der Waals surface area contributed by atoms with E-state index in [1.807, 2.05) is 36.0 Å². The molecule has 4 heteroatoms. The van der Waals surface area contributed by atoms with Crippen molar-refractivity contribution in [1.82, 2.24) is 9.78 Å². The van der Waals surface area contributed by atoms with Crippen molar-refractivity contribution in [2.45, 2.75) is 52.4 Å². The van der Waals surface area contributed by atoms with E-state index in [-0.39, 0.29) is 16.6 Å². The number of hydrogen-bond donors (Lipinski definition) is 2. The summed E-state index contributed by atoms with van der Waals surface area (Å²) >= 11 is 0. The molecule has 28 heavy (non-hydrogen) atoms. The van der Waals surface area contributed by atoms with E-state index in [9.17, 15) is 10.2 Å². The molecular formula is C24H30N2O2. The minimum Gasteiger partial charge on any atom is -0.508 e. The molecule has 0 aliphatic heterocycles. The topological polar surface area (TPSA) is 58.3 Å². The van der Waals surface area contributed by atoms with E-state index in [0.29, 0.717) is 5.75 Å². The van der Waals surface area contributed by atoms with Crippen LogP contribution in [0, 0.1) is 0 Å². The first kappa shape index (κ1) is 20.0. The summed E-state index contributed by atoms with van der Waals surface area (Å²) < 4.78 is 1.85. The Morgan fingerprint density at radius 3 is 1.71 bits per heavy atom. The summed E-state index contributed by atoms with van der Waals surface area (Å²) in [5, 5.41) is 25.2. The summed E-state index contributed by atoms with van der Waals surface area (Å²) in [5.74, 6) is 0.618. The van der Waals surface area contributed by atoms with Crippen LogP contribution in [-0.2, 0) is 17.9 Å². The fraction of sp³-hybridized carbons (Fsp3) is 0.375. The van der Waals surface area contributed by atoms with Gasteiger partial charge in [0.15, 0.2) is 0 Å². The van der Waals surface area contributed by atoms with Crippen molar-refractivity contribution in [3.63, 3.8) is 0 Å². The predicted molar refractivity (Wildman–Crippen MR) is 115 cm³/mol. The highest BCUT2D eigenvalue weighted by Crippen LogP contribution is 2.42. The van der Waals surface area contributed by atoms with Gasteiger partial charge in [0.1, 0.15) is 11.5 Å². The van der Waals surface area contributed by atoms with Crippen LogP contribution < -0.4 is 0 Å².